The van der Waals surface area contributed by atoms with Crippen LogP contribution in [-0.2, 0) is 5.41 Å². The smallest absolute Gasteiger partial charge is 0.0788 e. The average Bonchev–Trinajstić information content (AvgIpc) is 3.50. The maximum atomic E-state index is 5.17. The highest BCUT2D eigenvalue weighted by Gasteiger charge is 2.35. The Labute approximate surface area is 329 Å². The molecule has 0 atom stereocenters. The largest absolute Gasteiger partial charge is 0.311 e. The first-order chi connectivity index (χ1) is 27.5. The second-order valence-corrected chi connectivity index (χ2v) is 15.2. The van der Waals surface area contributed by atoms with Crippen molar-refractivity contribution in [1.82, 2.24) is 4.98 Å². The van der Waals surface area contributed by atoms with E-state index < -0.39 is 0 Å². The minimum atomic E-state index is -0.0402. The van der Waals surface area contributed by atoms with Gasteiger partial charge < -0.3 is 4.90 Å². The lowest BCUT2D eigenvalue weighted by Crippen LogP contribution is -2.14. The fraction of sp³-hybridized carbons (Fsp3) is 0.0556. The van der Waals surface area contributed by atoms with Gasteiger partial charge >= 0.3 is 0 Å². The molecule has 0 bridgehead atoms. The number of aromatic nitrogens is 1. The molecule has 0 amide bonds. The highest BCUT2D eigenvalue weighted by Crippen LogP contribution is 2.49. The number of nitrogens with zero attached hydrogens (tertiary/aromatic N) is 2. The Morgan fingerprint density at radius 3 is 1.50 bits per heavy atom. The van der Waals surface area contributed by atoms with Crippen molar-refractivity contribution >= 4 is 28.0 Å². The van der Waals surface area contributed by atoms with E-state index in [0.29, 0.717) is 0 Å². The standard InChI is InChI=1S/C54H40N2/c1-54(2)50-19-11-10-18-47(50)48-34-27-42(36-51(48)54)39-23-30-45(31-24-39)56(44-28-21-38(22-29-44)37-13-5-3-6-14-37)46-32-25-40(26-33-46)49-35-43-17-9-12-20-52(43)55-53(49)41-15-7-4-8-16-41/h3-36H,1-2H3. The molecule has 56 heavy (non-hydrogen) atoms. The maximum Gasteiger partial charge on any atom is 0.0788 e. The molecule has 2 nitrogen and oxygen atoms in total. The van der Waals surface area contributed by atoms with Gasteiger partial charge in [0.15, 0.2) is 0 Å². The van der Waals surface area contributed by atoms with Crippen molar-refractivity contribution in [2.45, 2.75) is 19.3 Å². The summed E-state index contributed by atoms with van der Waals surface area (Å²) in [4.78, 5) is 7.52. The van der Waals surface area contributed by atoms with Crippen molar-refractivity contribution in [3.63, 3.8) is 0 Å². The van der Waals surface area contributed by atoms with Gasteiger partial charge in [0.1, 0.15) is 0 Å². The van der Waals surface area contributed by atoms with Crippen LogP contribution in [0.15, 0.2) is 206 Å². The zero-order valence-corrected chi connectivity index (χ0v) is 31.5. The van der Waals surface area contributed by atoms with Gasteiger partial charge in [0.25, 0.3) is 0 Å². The van der Waals surface area contributed by atoms with E-state index in [9.17, 15) is 0 Å². The summed E-state index contributed by atoms with van der Waals surface area (Å²) >= 11 is 0. The summed E-state index contributed by atoms with van der Waals surface area (Å²) in [5.74, 6) is 0. The van der Waals surface area contributed by atoms with Crippen molar-refractivity contribution in [1.29, 1.82) is 0 Å². The summed E-state index contributed by atoms with van der Waals surface area (Å²) in [6, 6.07) is 74.4. The van der Waals surface area contributed by atoms with Gasteiger partial charge in [0.2, 0.25) is 0 Å². The molecule has 0 fully saturated rings. The number of fused-ring (bicyclic) bond motifs is 4. The number of hydrogen-bond donors (Lipinski definition) is 0. The minimum Gasteiger partial charge on any atom is -0.311 e. The average molecular weight is 717 g/mol. The predicted molar refractivity (Wildman–Crippen MR) is 236 cm³/mol. The fourth-order valence-corrected chi connectivity index (χ4v) is 8.51. The van der Waals surface area contributed by atoms with E-state index >= 15 is 0 Å². The lowest BCUT2D eigenvalue weighted by Gasteiger charge is -2.26. The number of para-hydroxylation sites is 1. The zero-order valence-electron chi connectivity index (χ0n) is 31.5. The third-order valence-corrected chi connectivity index (χ3v) is 11.5. The van der Waals surface area contributed by atoms with Crippen molar-refractivity contribution in [3.8, 4) is 55.8 Å². The summed E-state index contributed by atoms with van der Waals surface area (Å²) in [6.07, 6.45) is 0. The van der Waals surface area contributed by atoms with Gasteiger partial charge in [-0.2, -0.15) is 0 Å². The molecule has 10 rings (SSSR count). The molecule has 0 spiro atoms. The maximum absolute atomic E-state index is 5.17. The monoisotopic (exact) mass is 716 g/mol. The highest BCUT2D eigenvalue weighted by molar-refractivity contribution is 5.92. The van der Waals surface area contributed by atoms with E-state index in [0.717, 1.165) is 50.3 Å². The van der Waals surface area contributed by atoms with Crippen LogP contribution in [0.4, 0.5) is 17.1 Å². The van der Waals surface area contributed by atoms with Crippen LogP contribution in [-0.4, -0.2) is 4.98 Å². The zero-order chi connectivity index (χ0) is 37.6. The summed E-state index contributed by atoms with van der Waals surface area (Å²) < 4.78 is 0. The van der Waals surface area contributed by atoms with Gasteiger partial charge in [-0.15, -0.1) is 0 Å². The summed E-state index contributed by atoms with van der Waals surface area (Å²) in [5.41, 5.74) is 18.9. The SMILES string of the molecule is CC1(C)c2ccccc2-c2ccc(-c3ccc(N(c4ccc(-c5ccccc5)cc4)c4ccc(-c5cc6ccccc6nc5-c5ccccc5)cc4)cc3)cc21. The molecule has 0 aliphatic heterocycles. The third-order valence-electron chi connectivity index (χ3n) is 11.5. The number of hydrogen-bond acceptors (Lipinski definition) is 2. The van der Waals surface area contributed by atoms with Gasteiger partial charge in [-0.3, -0.25) is 0 Å². The van der Waals surface area contributed by atoms with Gasteiger partial charge in [-0.1, -0.05) is 166 Å². The van der Waals surface area contributed by atoms with Crippen LogP contribution < -0.4 is 4.90 Å². The molecule has 1 heterocycles. The fourth-order valence-electron chi connectivity index (χ4n) is 8.51. The Bertz CT molecular complexity index is 2840. The van der Waals surface area contributed by atoms with E-state index in [1.54, 1.807) is 0 Å². The molecule has 1 aliphatic carbocycles. The van der Waals surface area contributed by atoms with E-state index in [-0.39, 0.29) is 5.41 Å². The normalized spacial score (nSPS) is 12.6. The van der Waals surface area contributed by atoms with Gasteiger partial charge in [-0.05, 0) is 105 Å². The molecular weight excluding hydrogens is 677 g/mol. The van der Waals surface area contributed by atoms with E-state index in [1.807, 2.05) is 0 Å². The summed E-state index contributed by atoms with van der Waals surface area (Å²) in [6.45, 7) is 4.69. The summed E-state index contributed by atoms with van der Waals surface area (Å²) in [5, 5.41) is 1.13. The van der Waals surface area contributed by atoms with Crippen molar-refractivity contribution in [3.05, 3.63) is 217 Å². The van der Waals surface area contributed by atoms with Gasteiger partial charge in [0, 0.05) is 39.0 Å². The third kappa shape index (κ3) is 5.88. The Morgan fingerprint density at radius 1 is 0.357 bits per heavy atom. The molecule has 8 aromatic carbocycles. The van der Waals surface area contributed by atoms with E-state index in [4.69, 9.17) is 4.98 Å². The van der Waals surface area contributed by atoms with Crippen molar-refractivity contribution in [2.24, 2.45) is 0 Å². The quantitative estimate of drug-likeness (QED) is 0.163. The Hall–Kier alpha value is -7.03. The van der Waals surface area contributed by atoms with Crippen LogP contribution in [0.1, 0.15) is 25.0 Å². The first-order valence-electron chi connectivity index (χ1n) is 19.4. The van der Waals surface area contributed by atoms with Gasteiger partial charge in [-0.25, -0.2) is 4.98 Å². The predicted octanol–water partition coefficient (Wildman–Crippen LogP) is 14.7. The summed E-state index contributed by atoms with van der Waals surface area (Å²) in [7, 11) is 0. The van der Waals surface area contributed by atoms with Crippen LogP contribution in [0.2, 0.25) is 0 Å². The molecule has 0 saturated carbocycles. The number of rotatable bonds is 7. The van der Waals surface area contributed by atoms with Crippen LogP contribution in [0.5, 0.6) is 0 Å². The topological polar surface area (TPSA) is 16.1 Å². The van der Waals surface area contributed by atoms with Crippen LogP contribution in [0, 0.1) is 0 Å². The van der Waals surface area contributed by atoms with Crippen molar-refractivity contribution in [2.75, 3.05) is 4.90 Å². The first kappa shape index (κ1) is 33.5. The Balaban J connectivity index is 1.04. The molecule has 9 aromatic rings. The number of pyridine rings is 1. The molecule has 0 radical (unpaired) electrons. The second kappa shape index (κ2) is 13.7. The molecule has 0 unspecified atom stereocenters. The lowest BCUT2D eigenvalue weighted by molar-refractivity contribution is 0.660. The van der Waals surface area contributed by atoms with Crippen LogP contribution in [0.25, 0.3) is 66.7 Å². The number of anilines is 3. The van der Waals surface area contributed by atoms with E-state index in [1.165, 1.54) is 44.5 Å². The lowest BCUT2D eigenvalue weighted by atomic mass is 9.81. The molecule has 0 saturated heterocycles. The minimum absolute atomic E-state index is 0.0402. The van der Waals surface area contributed by atoms with E-state index in [2.05, 4.69) is 225 Å². The molecular formula is C54H40N2. The Kier molecular flexibility index (Phi) is 8.19. The number of benzene rings is 8. The molecule has 0 N–H and O–H groups in total. The van der Waals surface area contributed by atoms with Gasteiger partial charge in [0.05, 0.1) is 11.2 Å². The Morgan fingerprint density at radius 2 is 0.839 bits per heavy atom. The second-order valence-electron chi connectivity index (χ2n) is 15.2. The van der Waals surface area contributed by atoms with Crippen LogP contribution in [0.3, 0.4) is 0 Å². The molecule has 1 aromatic heterocycles. The highest BCUT2D eigenvalue weighted by atomic mass is 15.1. The molecule has 266 valence electrons. The van der Waals surface area contributed by atoms with Crippen molar-refractivity contribution < 1.29 is 0 Å². The first-order valence-corrected chi connectivity index (χ1v) is 19.4. The van der Waals surface area contributed by atoms with Crippen LogP contribution >= 0.6 is 0 Å². The molecule has 1 aliphatic rings. The molecule has 2 heteroatoms.